The van der Waals surface area contributed by atoms with E-state index in [1.807, 2.05) is 20.0 Å². The van der Waals surface area contributed by atoms with Crippen molar-refractivity contribution in [1.82, 2.24) is 0 Å². The van der Waals surface area contributed by atoms with Gasteiger partial charge in [0.1, 0.15) is 0 Å². The van der Waals surface area contributed by atoms with Gasteiger partial charge in [-0.2, -0.15) is 6.08 Å². The summed E-state index contributed by atoms with van der Waals surface area (Å²) in [4.78, 5) is 4.03. The summed E-state index contributed by atoms with van der Waals surface area (Å²) in [6.45, 7) is 10.5. The van der Waals surface area contributed by atoms with Crippen LogP contribution in [0.5, 0.6) is 0 Å². The minimum atomic E-state index is 0. The molecule has 2 heteroatoms. The van der Waals surface area contributed by atoms with Crippen molar-refractivity contribution in [3.8, 4) is 0 Å². The van der Waals surface area contributed by atoms with Crippen molar-refractivity contribution in [3.63, 3.8) is 0 Å². The zero-order valence-electron chi connectivity index (χ0n) is 9.71. The summed E-state index contributed by atoms with van der Waals surface area (Å²) < 4.78 is 0. The number of rotatable bonds is 1. The van der Waals surface area contributed by atoms with Gasteiger partial charge in [-0.3, -0.25) is 0 Å². The molecule has 1 rings (SSSR count). The van der Waals surface area contributed by atoms with E-state index in [1.165, 1.54) is 5.57 Å². The summed E-state index contributed by atoms with van der Waals surface area (Å²) in [6, 6.07) is 0. The molecule has 0 aromatic carbocycles. The van der Waals surface area contributed by atoms with Crippen LogP contribution in [0, 0.1) is 11.8 Å². The van der Waals surface area contributed by atoms with Gasteiger partial charge >= 0.3 is 0 Å². The average Bonchev–Trinajstić information content (AvgIpc) is 2.33. The molecule has 0 N–H and O–H groups in total. The third-order valence-corrected chi connectivity index (χ3v) is 1.72. The molecule has 1 radical (unpaired) electrons. The van der Waals surface area contributed by atoms with E-state index in [1.54, 1.807) is 0 Å². The number of hydrogen-bond acceptors (Lipinski definition) is 1. The predicted octanol–water partition coefficient (Wildman–Crippen LogP) is 3.70. The summed E-state index contributed by atoms with van der Waals surface area (Å²) >= 11 is 0. The third kappa shape index (κ3) is 6.29. The van der Waals surface area contributed by atoms with Crippen LogP contribution in [0.4, 0.5) is 0 Å². The fraction of sp³-hybridized carbons (Fsp3) is 0.583. The zero-order valence-corrected chi connectivity index (χ0v) is 12.4. The first-order chi connectivity index (χ1) is 6.20. The first-order valence-corrected chi connectivity index (χ1v) is 5.04. The first-order valence-electron chi connectivity index (χ1n) is 5.04. The fourth-order valence-corrected chi connectivity index (χ4v) is 0.988. The monoisotopic (exact) mass is 365 g/mol. The molecule has 1 unspecified atom stereocenters. The van der Waals surface area contributed by atoms with Crippen LogP contribution in [-0.2, 0) is 20.4 Å². The number of nitrogens with zero attached hydrogens (tertiary/aromatic N) is 1. The molecule has 1 heterocycles. The molecule has 1 nitrogen and oxygen atoms in total. The van der Waals surface area contributed by atoms with Crippen LogP contribution in [0.2, 0.25) is 0 Å². The quantitative estimate of drug-likeness (QED) is 0.629. The van der Waals surface area contributed by atoms with Crippen molar-refractivity contribution in [2.75, 3.05) is 0 Å². The SMILES string of the molecule is CC.CC1C=CN=[C-]C(C(C)C)=C1.[Re]. The van der Waals surface area contributed by atoms with Crippen LogP contribution in [-0.4, -0.2) is 6.21 Å². The molecule has 1 aliphatic heterocycles. The molecule has 0 fully saturated rings. The normalized spacial score (nSPS) is 19.0. The number of aliphatic imine (C=N–C) groups is 1. The van der Waals surface area contributed by atoms with Crippen LogP contribution >= 0.6 is 0 Å². The van der Waals surface area contributed by atoms with Gasteiger partial charge in [-0.15, -0.1) is 11.6 Å². The summed E-state index contributed by atoms with van der Waals surface area (Å²) in [6.07, 6.45) is 9.10. The van der Waals surface area contributed by atoms with Gasteiger partial charge in [-0.1, -0.05) is 53.0 Å². The Morgan fingerprint density at radius 2 is 1.93 bits per heavy atom. The van der Waals surface area contributed by atoms with Gasteiger partial charge in [0, 0.05) is 20.4 Å². The van der Waals surface area contributed by atoms with Crippen molar-refractivity contribution >= 4 is 6.21 Å². The van der Waals surface area contributed by atoms with Crippen molar-refractivity contribution in [1.29, 1.82) is 0 Å². The Morgan fingerprint density at radius 1 is 1.36 bits per heavy atom. The van der Waals surface area contributed by atoms with Crippen molar-refractivity contribution < 1.29 is 20.4 Å². The van der Waals surface area contributed by atoms with E-state index in [0.29, 0.717) is 11.8 Å². The Bertz CT molecular complexity index is 214. The third-order valence-electron chi connectivity index (χ3n) is 1.72. The molecule has 0 aliphatic carbocycles. The molecular formula is C12H20NRe-. The average molecular weight is 365 g/mol. The number of hydrogen-bond donors (Lipinski definition) is 0. The van der Waals surface area contributed by atoms with Gasteiger partial charge in [0.2, 0.25) is 0 Å². The largest absolute Gasteiger partial charge is 0.393 e. The van der Waals surface area contributed by atoms with E-state index in [2.05, 4.69) is 44.1 Å². The summed E-state index contributed by atoms with van der Waals surface area (Å²) in [5, 5.41) is 0. The van der Waals surface area contributed by atoms with Crippen LogP contribution in [0.25, 0.3) is 0 Å². The summed E-state index contributed by atoms with van der Waals surface area (Å²) in [7, 11) is 0. The Labute approximate surface area is 102 Å². The molecule has 0 aromatic heterocycles. The van der Waals surface area contributed by atoms with E-state index >= 15 is 0 Å². The van der Waals surface area contributed by atoms with Crippen LogP contribution in [0.15, 0.2) is 28.9 Å². The van der Waals surface area contributed by atoms with Gasteiger partial charge in [0.25, 0.3) is 0 Å². The minimum Gasteiger partial charge on any atom is -0.393 e. The maximum absolute atomic E-state index is 4.03. The first kappa shape index (κ1) is 16.2. The maximum Gasteiger partial charge on any atom is 0 e. The van der Waals surface area contributed by atoms with E-state index in [0.717, 1.165) is 0 Å². The Kier molecular flexibility index (Phi) is 10.9. The molecular weight excluding hydrogens is 344 g/mol. The van der Waals surface area contributed by atoms with Gasteiger partial charge in [-0.25, -0.2) is 0 Å². The van der Waals surface area contributed by atoms with E-state index < -0.39 is 0 Å². The van der Waals surface area contributed by atoms with Gasteiger partial charge in [-0.05, 0) is 5.92 Å². The molecule has 1 aliphatic rings. The predicted molar refractivity (Wildman–Crippen MR) is 60.0 cm³/mol. The molecule has 14 heavy (non-hydrogen) atoms. The Hall–Kier alpha value is -0.188. The second-order valence-corrected chi connectivity index (χ2v) is 3.22. The molecule has 81 valence electrons. The second kappa shape index (κ2) is 9.37. The molecule has 0 amide bonds. The van der Waals surface area contributed by atoms with Gasteiger partial charge in [0.15, 0.2) is 0 Å². The smallest absolute Gasteiger partial charge is 0 e. The topological polar surface area (TPSA) is 12.4 Å². The Morgan fingerprint density at radius 3 is 2.43 bits per heavy atom. The Balaban J connectivity index is 0. The zero-order chi connectivity index (χ0) is 10.3. The van der Waals surface area contributed by atoms with Crippen molar-refractivity contribution in [3.05, 3.63) is 23.9 Å². The van der Waals surface area contributed by atoms with Crippen LogP contribution in [0.1, 0.15) is 34.6 Å². The molecule has 0 saturated carbocycles. The molecule has 0 spiro atoms. The molecule has 0 saturated heterocycles. The number of allylic oxidation sites excluding steroid dienone is 3. The fourth-order valence-electron chi connectivity index (χ4n) is 0.988. The van der Waals surface area contributed by atoms with Crippen LogP contribution < -0.4 is 0 Å². The van der Waals surface area contributed by atoms with E-state index in [9.17, 15) is 0 Å². The van der Waals surface area contributed by atoms with E-state index in [4.69, 9.17) is 0 Å². The van der Waals surface area contributed by atoms with Gasteiger partial charge < -0.3 is 4.99 Å². The summed E-state index contributed by atoms with van der Waals surface area (Å²) in [5.41, 5.74) is 1.21. The molecule has 0 aromatic rings. The maximum atomic E-state index is 4.03. The molecule has 0 bridgehead atoms. The van der Waals surface area contributed by atoms with Crippen molar-refractivity contribution in [2.45, 2.75) is 34.6 Å². The van der Waals surface area contributed by atoms with E-state index in [-0.39, 0.29) is 20.4 Å². The minimum absolute atomic E-state index is 0. The summed E-state index contributed by atoms with van der Waals surface area (Å²) in [5.74, 6) is 1.02. The molecule has 1 atom stereocenters. The van der Waals surface area contributed by atoms with Gasteiger partial charge in [0.05, 0.1) is 0 Å². The standard InChI is InChI=1S/C10H14N.C2H6.Re/c1-8(2)10-6-9(3)4-5-11-7-10;1-2;/h4-6,8-9H,1-3H3;1-2H3;/q-1;;. The van der Waals surface area contributed by atoms with Crippen LogP contribution in [0.3, 0.4) is 0 Å². The second-order valence-electron chi connectivity index (χ2n) is 3.22. The van der Waals surface area contributed by atoms with Crippen molar-refractivity contribution in [2.24, 2.45) is 16.8 Å².